The van der Waals surface area contributed by atoms with E-state index < -0.39 is 6.04 Å². The number of carbonyl (C=O) groups excluding carboxylic acids is 2. The molecule has 1 atom stereocenters. The molecule has 3 rings (SSSR count). The molecule has 1 aliphatic heterocycles. The number of carbonyl (C=O) groups is 2. The first kappa shape index (κ1) is 16.1. The van der Waals surface area contributed by atoms with Crippen LogP contribution in [0.5, 0.6) is 5.75 Å². The molecular weight excluding hydrogens is 304 g/mol. The van der Waals surface area contributed by atoms with Gasteiger partial charge in [0.1, 0.15) is 11.8 Å². The van der Waals surface area contributed by atoms with Gasteiger partial charge >= 0.3 is 0 Å². The average Bonchev–Trinajstić information content (AvgIpc) is 3.12. The Balaban J connectivity index is 1.70. The Morgan fingerprint density at radius 2 is 1.79 bits per heavy atom. The van der Waals surface area contributed by atoms with E-state index in [1.807, 2.05) is 18.2 Å². The van der Waals surface area contributed by atoms with Gasteiger partial charge in [0.05, 0.1) is 7.11 Å². The van der Waals surface area contributed by atoms with Crippen LogP contribution in [0, 0.1) is 0 Å². The van der Waals surface area contributed by atoms with Crippen molar-refractivity contribution in [1.82, 2.24) is 4.90 Å². The smallest absolute Gasteiger partial charge is 0.254 e. The monoisotopic (exact) mass is 324 g/mol. The zero-order chi connectivity index (χ0) is 16.9. The minimum atomic E-state index is -0.431. The van der Waals surface area contributed by atoms with Crippen LogP contribution in [0.25, 0.3) is 0 Å². The second-order valence-electron chi connectivity index (χ2n) is 5.74. The molecule has 0 bridgehead atoms. The van der Waals surface area contributed by atoms with Crippen LogP contribution in [0.1, 0.15) is 23.2 Å². The molecule has 1 saturated heterocycles. The third kappa shape index (κ3) is 3.40. The van der Waals surface area contributed by atoms with E-state index in [2.05, 4.69) is 5.32 Å². The Morgan fingerprint density at radius 3 is 2.46 bits per heavy atom. The molecule has 24 heavy (non-hydrogen) atoms. The third-order valence-corrected chi connectivity index (χ3v) is 4.19. The van der Waals surface area contributed by atoms with Gasteiger partial charge in [-0.2, -0.15) is 0 Å². The van der Waals surface area contributed by atoms with Crippen molar-refractivity contribution in [3.63, 3.8) is 0 Å². The highest BCUT2D eigenvalue weighted by molar-refractivity contribution is 6.01. The van der Waals surface area contributed by atoms with Crippen LogP contribution in [-0.4, -0.2) is 36.4 Å². The van der Waals surface area contributed by atoms with Crippen molar-refractivity contribution in [3.05, 3.63) is 60.2 Å². The molecular formula is C19H20N2O3. The SMILES string of the molecule is COc1ccc(NC(=O)C2CCCN2C(=O)c2ccccc2)cc1. The Hall–Kier alpha value is -2.82. The van der Waals surface area contributed by atoms with Gasteiger partial charge in [-0.25, -0.2) is 0 Å². The molecule has 0 aromatic heterocycles. The van der Waals surface area contributed by atoms with E-state index in [1.54, 1.807) is 48.4 Å². The topological polar surface area (TPSA) is 58.6 Å². The Labute approximate surface area is 141 Å². The fraction of sp³-hybridized carbons (Fsp3) is 0.263. The molecule has 2 amide bonds. The van der Waals surface area contributed by atoms with E-state index in [-0.39, 0.29) is 11.8 Å². The Kier molecular flexibility index (Phi) is 4.79. The van der Waals surface area contributed by atoms with Crippen LogP contribution in [0.4, 0.5) is 5.69 Å². The van der Waals surface area contributed by atoms with Crippen LogP contribution < -0.4 is 10.1 Å². The van der Waals surface area contributed by atoms with Gasteiger partial charge in [-0.05, 0) is 49.2 Å². The summed E-state index contributed by atoms with van der Waals surface area (Å²) in [7, 11) is 1.60. The lowest BCUT2D eigenvalue weighted by Gasteiger charge is -2.24. The predicted octanol–water partition coefficient (Wildman–Crippen LogP) is 2.94. The highest BCUT2D eigenvalue weighted by atomic mass is 16.5. The van der Waals surface area contributed by atoms with E-state index in [4.69, 9.17) is 4.74 Å². The van der Waals surface area contributed by atoms with Crippen molar-refractivity contribution in [2.24, 2.45) is 0 Å². The number of hydrogen-bond donors (Lipinski definition) is 1. The molecule has 1 aliphatic rings. The van der Waals surface area contributed by atoms with Gasteiger partial charge in [-0.15, -0.1) is 0 Å². The molecule has 5 nitrogen and oxygen atoms in total. The summed E-state index contributed by atoms with van der Waals surface area (Å²) in [6.45, 7) is 0.606. The lowest BCUT2D eigenvalue weighted by atomic mass is 10.1. The van der Waals surface area contributed by atoms with E-state index in [1.165, 1.54) is 0 Å². The number of rotatable bonds is 4. The first-order valence-electron chi connectivity index (χ1n) is 8.00. The van der Waals surface area contributed by atoms with Gasteiger partial charge in [0.2, 0.25) is 5.91 Å². The molecule has 5 heteroatoms. The van der Waals surface area contributed by atoms with E-state index >= 15 is 0 Å². The molecule has 124 valence electrons. The van der Waals surface area contributed by atoms with Crippen LogP contribution in [-0.2, 0) is 4.79 Å². The average molecular weight is 324 g/mol. The highest BCUT2D eigenvalue weighted by Crippen LogP contribution is 2.22. The summed E-state index contributed by atoms with van der Waals surface area (Å²) in [4.78, 5) is 26.9. The maximum atomic E-state index is 12.6. The van der Waals surface area contributed by atoms with Gasteiger partial charge < -0.3 is 15.0 Å². The van der Waals surface area contributed by atoms with Gasteiger partial charge in [-0.1, -0.05) is 18.2 Å². The molecule has 0 radical (unpaired) electrons. The largest absolute Gasteiger partial charge is 0.497 e. The summed E-state index contributed by atoms with van der Waals surface area (Å²) in [5, 5.41) is 2.88. The van der Waals surface area contributed by atoms with Gasteiger partial charge in [-0.3, -0.25) is 9.59 Å². The Morgan fingerprint density at radius 1 is 1.08 bits per heavy atom. The molecule has 1 fully saturated rings. The summed E-state index contributed by atoms with van der Waals surface area (Å²) < 4.78 is 5.11. The van der Waals surface area contributed by atoms with Crippen molar-refractivity contribution in [2.75, 3.05) is 19.0 Å². The lowest BCUT2D eigenvalue weighted by molar-refractivity contribution is -0.119. The van der Waals surface area contributed by atoms with Crippen molar-refractivity contribution in [2.45, 2.75) is 18.9 Å². The van der Waals surface area contributed by atoms with E-state index in [9.17, 15) is 9.59 Å². The van der Waals surface area contributed by atoms with Crippen LogP contribution in [0.3, 0.4) is 0 Å². The first-order chi connectivity index (χ1) is 11.7. The lowest BCUT2D eigenvalue weighted by Crippen LogP contribution is -2.43. The minimum absolute atomic E-state index is 0.0945. The molecule has 1 N–H and O–H groups in total. The number of anilines is 1. The second-order valence-corrected chi connectivity index (χ2v) is 5.74. The molecule has 0 spiro atoms. The second kappa shape index (κ2) is 7.17. The number of likely N-dealkylation sites (tertiary alicyclic amines) is 1. The molecule has 0 saturated carbocycles. The fourth-order valence-electron chi connectivity index (χ4n) is 2.93. The van der Waals surface area contributed by atoms with Crippen LogP contribution >= 0.6 is 0 Å². The highest BCUT2D eigenvalue weighted by Gasteiger charge is 2.34. The van der Waals surface area contributed by atoms with Crippen molar-refractivity contribution in [3.8, 4) is 5.75 Å². The molecule has 2 aromatic rings. The standard InChI is InChI=1S/C19H20N2O3/c1-24-16-11-9-15(10-12-16)20-18(22)17-8-5-13-21(17)19(23)14-6-3-2-4-7-14/h2-4,6-7,9-12,17H,5,8,13H2,1H3,(H,20,22). The zero-order valence-corrected chi connectivity index (χ0v) is 13.6. The summed E-state index contributed by atoms with van der Waals surface area (Å²) in [5.41, 5.74) is 1.31. The van der Waals surface area contributed by atoms with Crippen LogP contribution in [0.15, 0.2) is 54.6 Å². The van der Waals surface area contributed by atoms with E-state index in [0.717, 1.165) is 12.2 Å². The molecule has 1 unspecified atom stereocenters. The summed E-state index contributed by atoms with van der Waals surface area (Å²) in [6, 6.07) is 15.8. The Bertz CT molecular complexity index is 713. The van der Waals surface area contributed by atoms with Gasteiger partial charge in [0.25, 0.3) is 5.91 Å². The normalized spacial score (nSPS) is 16.7. The zero-order valence-electron chi connectivity index (χ0n) is 13.6. The fourth-order valence-corrected chi connectivity index (χ4v) is 2.93. The number of benzene rings is 2. The van der Waals surface area contributed by atoms with Gasteiger partial charge in [0, 0.05) is 17.8 Å². The van der Waals surface area contributed by atoms with Crippen molar-refractivity contribution >= 4 is 17.5 Å². The predicted molar refractivity (Wildman–Crippen MR) is 92.1 cm³/mol. The third-order valence-electron chi connectivity index (χ3n) is 4.19. The van der Waals surface area contributed by atoms with E-state index in [0.29, 0.717) is 24.2 Å². The summed E-state index contributed by atoms with van der Waals surface area (Å²) in [5.74, 6) is 0.486. The number of nitrogens with zero attached hydrogens (tertiary/aromatic N) is 1. The van der Waals surface area contributed by atoms with Gasteiger partial charge in [0.15, 0.2) is 0 Å². The number of nitrogens with one attached hydrogen (secondary N) is 1. The number of ether oxygens (including phenoxy) is 1. The maximum absolute atomic E-state index is 12.6. The summed E-state index contributed by atoms with van der Waals surface area (Å²) in [6.07, 6.45) is 1.51. The van der Waals surface area contributed by atoms with Crippen molar-refractivity contribution in [1.29, 1.82) is 0 Å². The maximum Gasteiger partial charge on any atom is 0.254 e. The van der Waals surface area contributed by atoms with Crippen LogP contribution in [0.2, 0.25) is 0 Å². The number of hydrogen-bond acceptors (Lipinski definition) is 3. The number of amides is 2. The quantitative estimate of drug-likeness (QED) is 0.941. The van der Waals surface area contributed by atoms with Crippen molar-refractivity contribution < 1.29 is 14.3 Å². The summed E-state index contributed by atoms with van der Waals surface area (Å²) >= 11 is 0. The number of methoxy groups -OCH3 is 1. The minimum Gasteiger partial charge on any atom is -0.497 e. The molecule has 1 heterocycles. The first-order valence-corrected chi connectivity index (χ1v) is 8.00. The molecule has 0 aliphatic carbocycles. The molecule has 2 aromatic carbocycles.